The standard InChI is InChI=1S/C18H27ClN4O.HI/c1-20-17(24)13-15-8-11-23(12-9-15)18(21-2)22-10-7-14-3-5-16(19)6-4-14;/h3-6,15H,7-13H2,1-2H3,(H,20,24)(H,21,22);1H. The average molecular weight is 479 g/mol. The first-order valence-electron chi connectivity index (χ1n) is 8.53. The lowest BCUT2D eigenvalue weighted by Gasteiger charge is -2.34. The topological polar surface area (TPSA) is 56.7 Å². The molecule has 1 aromatic carbocycles. The lowest BCUT2D eigenvalue weighted by Crippen LogP contribution is -2.46. The first-order chi connectivity index (χ1) is 11.6. The zero-order chi connectivity index (χ0) is 17.4. The zero-order valence-corrected chi connectivity index (χ0v) is 18.0. The Morgan fingerprint density at radius 1 is 1.28 bits per heavy atom. The Morgan fingerprint density at radius 3 is 2.48 bits per heavy atom. The summed E-state index contributed by atoms with van der Waals surface area (Å²) in [5, 5.41) is 6.91. The molecule has 1 aliphatic rings. The molecule has 0 radical (unpaired) electrons. The smallest absolute Gasteiger partial charge is 0.220 e. The molecule has 1 aromatic rings. The molecule has 140 valence electrons. The number of nitrogens with zero attached hydrogens (tertiary/aromatic N) is 2. The second-order valence-corrected chi connectivity index (χ2v) is 6.59. The van der Waals surface area contributed by atoms with Gasteiger partial charge in [0.1, 0.15) is 0 Å². The number of aliphatic imine (C=N–C) groups is 1. The van der Waals surface area contributed by atoms with E-state index in [0.717, 1.165) is 49.9 Å². The van der Waals surface area contributed by atoms with E-state index in [1.165, 1.54) is 5.56 Å². The van der Waals surface area contributed by atoms with Crippen LogP contribution in [0.1, 0.15) is 24.8 Å². The molecule has 25 heavy (non-hydrogen) atoms. The molecule has 1 amide bonds. The molecule has 0 bridgehead atoms. The van der Waals surface area contributed by atoms with Gasteiger partial charge in [-0.05, 0) is 42.9 Å². The van der Waals surface area contributed by atoms with Crippen molar-refractivity contribution in [3.8, 4) is 0 Å². The van der Waals surface area contributed by atoms with Crippen molar-refractivity contribution >= 4 is 47.4 Å². The van der Waals surface area contributed by atoms with Crippen LogP contribution in [0.4, 0.5) is 0 Å². The van der Waals surface area contributed by atoms with E-state index in [0.29, 0.717) is 12.3 Å². The van der Waals surface area contributed by atoms with E-state index in [-0.39, 0.29) is 29.9 Å². The largest absolute Gasteiger partial charge is 0.359 e. The minimum absolute atomic E-state index is 0. The number of amides is 1. The van der Waals surface area contributed by atoms with E-state index in [1.54, 1.807) is 7.05 Å². The predicted octanol–water partition coefficient (Wildman–Crippen LogP) is 2.92. The summed E-state index contributed by atoms with van der Waals surface area (Å²) in [4.78, 5) is 18.1. The number of likely N-dealkylation sites (tertiary alicyclic amines) is 1. The molecule has 0 saturated carbocycles. The van der Waals surface area contributed by atoms with Crippen LogP contribution in [0.2, 0.25) is 5.02 Å². The van der Waals surface area contributed by atoms with Gasteiger partial charge in [-0.15, -0.1) is 24.0 Å². The first-order valence-corrected chi connectivity index (χ1v) is 8.90. The number of hydrogen-bond donors (Lipinski definition) is 2. The predicted molar refractivity (Wildman–Crippen MR) is 115 cm³/mol. The number of guanidine groups is 1. The highest BCUT2D eigenvalue weighted by atomic mass is 127. The molecule has 7 heteroatoms. The van der Waals surface area contributed by atoms with Crippen LogP contribution in [0.5, 0.6) is 0 Å². The number of piperidine rings is 1. The van der Waals surface area contributed by atoms with Crippen molar-refractivity contribution in [2.45, 2.75) is 25.7 Å². The van der Waals surface area contributed by atoms with Gasteiger partial charge in [-0.3, -0.25) is 9.79 Å². The molecule has 0 aromatic heterocycles. The lowest BCUT2D eigenvalue weighted by atomic mass is 9.93. The third kappa shape index (κ3) is 7.40. The summed E-state index contributed by atoms with van der Waals surface area (Å²) in [6.07, 6.45) is 3.63. The molecule has 2 rings (SSSR count). The Balaban J connectivity index is 0.00000312. The third-order valence-corrected chi connectivity index (χ3v) is 4.74. The number of rotatable bonds is 5. The second-order valence-electron chi connectivity index (χ2n) is 6.16. The Hall–Kier alpha value is -1.02. The fraction of sp³-hybridized carbons (Fsp3) is 0.556. The van der Waals surface area contributed by atoms with Gasteiger partial charge < -0.3 is 15.5 Å². The SMILES string of the molecule is CN=C(NCCc1ccc(Cl)cc1)N1CCC(CC(=O)NC)CC1.I. The van der Waals surface area contributed by atoms with E-state index in [2.05, 4.69) is 32.7 Å². The normalized spacial score (nSPS) is 15.5. The minimum atomic E-state index is 0. The lowest BCUT2D eigenvalue weighted by molar-refractivity contribution is -0.121. The molecule has 0 spiro atoms. The monoisotopic (exact) mass is 478 g/mol. The van der Waals surface area contributed by atoms with Gasteiger partial charge in [0.2, 0.25) is 5.91 Å². The van der Waals surface area contributed by atoms with Gasteiger partial charge in [0.05, 0.1) is 0 Å². The highest BCUT2D eigenvalue weighted by molar-refractivity contribution is 14.0. The number of hydrogen-bond acceptors (Lipinski definition) is 2. The van der Waals surface area contributed by atoms with Crippen molar-refractivity contribution in [3.05, 3.63) is 34.9 Å². The van der Waals surface area contributed by atoms with Crippen LogP contribution in [-0.4, -0.2) is 50.5 Å². The number of halogens is 2. The van der Waals surface area contributed by atoms with Gasteiger partial charge in [-0.2, -0.15) is 0 Å². The fourth-order valence-corrected chi connectivity index (χ4v) is 3.14. The van der Waals surface area contributed by atoms with Gasteiger partial charge in [-0.1, -0.05) is 23.7 Å². The second kappa shape index (κ2) is 11.6. The van der Waals surface area contributed by atoms with Crippen LogP contribution >= 0.6 is 35.6 Å². The summed E-state index contributed by atoms with van der Waals surface area (Å²) in [6, 6.07) is 7.94. The molecule has 0 atom stereocenters. The molecule has 0 aliphatic carbocycles. The van der Waals surface area contributed by atoms with Gasteiger partial charge in [-0.25, -0.2) is 0 Å². The van der Waals surface area contributed by atoms with E-state index in [4.69, 9.17) is 11.6 Å². The number of nitrogens with one attached hydrogen (secondary N) is 2. The molecule has 2 N–H and O–H groups in total. The Bertz CT molecular complexity index is 557. The molecule has 5 nitrogen and oxygen atoms in total. The van der Waals surface area contributed by atoms with Gasteiger partial charge in [0.15, 0.2) is 5.96 Å². The molecular weight excluding hydrogens is 451 g/mol. The molecule has 0 unspecified atom stereocenters. The van der Waals surface area contributed by atoms with Gasteiger partial charge >= 0.3 is 0 Å². The van der Waals surface area contributed by atoms with Crippen LogP contribution < -0.4 is 10.6 Å². The fourth-order valence-electron chi connectivity index (χ4n) is 3.02. The Morgan fingerprint density at radius 2 is 1.92 bits per heavy atom. The summed E-state index contributed by atoms with van der Waals surface area (Å²) in [6.45, 7) is 2.73. The van der Waals surface area contributed by atoms with Crippen LogP contribution in [0, 0.1) is 5.92 Å². The van der Waals surface area contributed by atoms with Crippen LogP contribution in [0.25, 0.3) is 0 Å². The maximum absolute atomic E-state index is 11.5. The zero-order valence-electron chi connectivity index (χ0n) is 14.9. The van der Waals surface area contributed by atoms with E-state index < -0.39 is 0 Å². The van der Waals surface area contributed by atoms with Crippen molar-refractivity contribution in [1.29, 1.82) is 0 Å². The van der Waals surface area contributed by atoms with Crippen molar-refractivity contribution in [3.63, 3.8) is 0 Å². The van der Waals surface area contributed by atoms with E-state index in [9.17, 15) is 4.79 Å². The van der Waals surface area contributed by atoms with Crippen molar-refractivity contribution in [1.82, 2.24) is 15.5 Å². The Labute approximate surface area is 172 Å². The number of benzene rings is 1. The Kier molecular flexibility index (Phi) is 10.2. The van der Waals surface area contributed by atoms with Gasteiger partial charge in [0.25, 0.3) is 0 Å². The number of carbonyl (C=O) groups excluding carboxylic acids is 1. The number of carbonyl (C=O) groups is 1. The van der Waals surface area contributed by atoms with Crippen LogP contribution in [0.3, 0.4) is 0 Å². The maximum atomic E-state index is 11.5. The quantitative estimate of drug-likeness (QED) is 0.389. The summed E-state index contributed by atoms with van der Waals surface area (Å²) >= 11 is 5.91. The average Bonchev–Trinajstić information content (AvgIpc) is 2.61. The maximum Gasteiger partial charge on any atom is 0.220 e. The highest BCUT2D eigenvalue weighted by Crippen LogP contribution is 2.20. The van der Waals surface area contributed by atoms with Crippen molar-refractivity contribution in [2.24, 2.45) is 10.9 Å². The van der Waals surface area contributed by atoms with Crippen LogP contribution in [0.15, 0.2) is 29.3 Å². The highest BCUT2D eigenvalue weighted by Gasteiger charge is 2.22. The third-order valence-electron chi connectivity index (χ3n) is 4.49. The molecule has 1 fully saturated rings. The summed E-state index contributed by atoms with van der Waals surface area (Å²) in [5.74, 6) is 1.56. The van der Waals surface area contributed by atoms with Gasteiger partial charge in [0, 0.05) is 45.2 Å². The van der Waals surface area contributed by atoms with Crippen LogP contribution in [-0.2, 0) is 11.2 Å². The molecule has 1 saturated heterocycles. The van der Waals surface area contributed by atoms with Crippen molar-refractivity contribution < 1.29 is 4.79 Å². The summed E-state index contributed by atoms with van der Waals surface area (Å²) in [7, 11) is 3.52. The summed E-state index contributed by atoms with van der Waals surface area (Å²) < 4.78 is 0. The molecular formula is C18H28ClIN4O. The van der Waals surface area contributed by atoms with Crippen molar-refractivity contribution in [2.75, 3.05) is 33.7 Å². The minimum Gasteiger partial charge on any atom is -0.359 e. The summed E-state index contributed by atoms with van der Waals surface area (Å²) in [5.41, 5.74) is 1.26. The van der Waals surface area contributed by atoms with E-state index in [1.807, 2.05) is 19.2 Å². The first kappa shape index (κ1) is 22.0. The van der Waals surface area contributed by atoms with E-state index >= 15 is 0 Å². The molecule has 1 aliphatic heterocycles. The molecule has 1 heterocycles.